The Morgan fingerprint density at radius 1 is 1.47 bits per heavy atom. The molecule has 2 rings (SSSR count). The molecule has 0 radical (unpaired) electrons. The van der Waals surface area contributed by atoms with Crippen molar-refractivity contribution in [3.63, 3.8) is 0 Å². The molecule has 5 heteroatoms. The lowest BCUT2D eigenvalue weighted by molar-refractivity contribution is 0.409. The molecule has 0 fully saturated rings. The fourth-order valence-electron chi connectivity index (χ4n) is 1.67. The van der Waals surface area contributed by atoms with Crippen LogP contribution in [0.1, 0.15) is 11.1 Å². The molecular formula is C12H14IN3O. The molecule has 1 aromatic heterocycles. The summed E-state index contributed by atoms with van der Waals surface area (Å²) in [5.74, 6) is 0.840. The Morgan fingerprint density at radius 2 is 2.29 bits per heavy atom. The summed E-state index contributed by atoms with van der Waals surface area (Å²) >= 11 is 2.24. The van der Waals surface area contributed by atoms with Gasteiger partial charge in [0.15, 0.2) is 0 Å². The molecule has 0 spiro atoms. The minimum absolute atomic E-state index is 0.489. The maximum Gasteiger partial charge on any atom is 0.123 e. The first kappa shape index (κ1) is 12.4. The van der Waals surface area contributed by atoms with Crippen molar-refractivity contribution in [3.05, 3.63) is 45.3 Å². The standard InChI is InChI=1S/C12H14IN3O/c1-17-12-4-9(2-3-10(12)5-14)7-16-8-11(13)6-15-16/h2-4,6,8H,5,7,14H2,1H3. The van der Waals surface area contributed by atoms with Gasteiger partial charge in [0, 0.05) is 18.3 Å². The number of aromatic nitrogens is 2. The fraction of sp³-hybridized carbons (Fsp3) is 0.250. The van der Waals surface area contributed by atoms with E-state index in [-0.39, 0.29) is 0 Å². The summed E-state index contributed by atoms with van der Waals surface area (Å²) in [7, 11) is 1.66. The zero-order valence-corrected chi connectivity index (χ0v) is 11.7. The van der Waals surface area contributed by atoms with Gasteiger partial charge in [0.1, 0.15) is 5.75 Å². The molecule has 0 aliphatic heterocycles. The molecular weight excluding hydrogens is 329 g/mol. The van der Waals surface area contributed by atoms with Crippen LogP contribution in [0.2, 0.25) is 0 Å². The van der Waals surface area contributed by atoms with Crippen LogP contribution < -0.4 is 10.5 Å². The van der Waals surface area contributed by atoms with Gasteiger partial charge in [-0.25, -0.2) is 0 Å². The average molecular weight is 343 g/mol. The lowest BCUT2D eigenvalue weighted by atomic mass is 10.1. The molecule has 4 nitrogen and oxygen atoms in total. The zero-order chi connectivity index (χ0) is 12.3. The number of benzene rings is 1. The highest BCUT2D eigenvalue weighted by Crippen LogP contribution is 2.20. The smallest absolute Gasteiger partial charge is 0.123 e. The first-order chi connectivity index (χ1) is 8.22. The van der Waals surface area contributed by atoms with Crippen molar-refractivity contribution in [3.8, 4) is 5.75 Å². The van der Waals surface area contributed by atoms with E-state index < -0.39 is 0 Å². The van der Waals surface area contributed by atoms with Gasteiger partial charge in [-0.05, 0) is 34.2 Å². The lowest BCUT2D eigenvalue weighted by Gasteiger charge is -2.09. The second-order valence-corrected chi connectivity index (χ2v) is 4.95. The minimum Gasteiger partial charge on any atom is -0.496 e. The maximum atomic E-state index is 5.63. The molecule has 0 saturated carbocycles. The van der Waals surface area contributed by atoms with Crippen LogP contribution >= 0.6 is 22.6 Å². The Bertz CT molecular complexity index is 510. The highest BCUT2D eigenvalue weighted by molar-refractivity contribution is 14.1. The van der Waals surface area contributed by atoms with Crippen molar-refractivity contribution in [1.29, 1.82) is 0 Å². The Labute approximate surface area is 114 Å². The van der Waals surface area contributed by atoms with Gasteiger partial charge in [-0.15, -0.1) is 0 Å². The van der Waals surface area contributed by atoms with Gasteiger partial charge in [-0.3, -0.25) is 4.68 Å². The molecule has 0 aliphatic rings. The maximum absolute atomic E-state index is 5.63. The number of rotatable bonds is 4. The number of methoxy groups -OCH3 is 1. The van der Waals surface area contributed by atoms with E-state index in [9.17, 15) is 0 Å². The molecule has 2 N–H and O–H groups in total. The van der Waals surface area contributed by atoms with Crippen LogP contribution in [0.25, 0.3) is 0 Å². The van der Waals surface area contributed by atoms with Crippen molar-refractivity contribution < 1.29 is 4.74 Å². The molecule has 0 bridgehead atoms. The van der Waals surface area contributed by atoms with Gasteiger partial charge in [0.2, 0.25) is 0 Å². The summed E-state index contributed by atoms with van der Waals surface area (Å²) in [4.78, 5) is 0. The number of halogens is 1. The number of hydrogen-bond donors (Lipinski definition) is 1. The molecule has 0 unspecified atom stereocenters. The summed E-state index contributed by atoms with van der Waals surface area (Å²) in [6.07, 6.45) is 3.84. The van der Waals surface area contributed by atoms with Crippen molar-refractivity contribution >= 4 is 22.6 Å². The van der Waals surface area contributed by atoms with Crippen molar-refractivity contribution in [2.24, 2.45) is 5.73 Å². The molecule has 0 amide bonds. The molecule has 0 saturated heterocycles. The van der Waals surface area contributed by atoms with Gasteiger partial charge in [-0.1, -0.05) is 12.1 Å². The van der Waals surface area contributed by atoms with Crippen molar-refractivity contribution in [2.45, 2.75) is 13.1 Å². The third-order valence-corrected chi connectivity index (χ3v) is 3.07. The number of hydrogen-bond acceptors (Lipinski definition) is 3. The second-order valence-electron chi connectivity index (χ2n) is 3.71. The van der Waals surface area contributed by atoms with E-state index in [2.05, 4.69) is 33.8 Å². The van der Waals surface area contributed by atoms with Crippen LogP contribution in [-0.4, -0.2) is 16.9 Å². The molecule has 17 heavy (non-hydrogen) atoms. The van der Waals surface area contributed by atoms with Gasteiger partial charge in [0.25, 0.3) is 0 Å². The van der Waals surface area contributed by atoms with E-state index in [1.807, 2.05) is 29.2 Å². The zero-order valence-electron chi connectivity index (χ0n) is 9.56. The lowest BCUT2D eigenvalue weighted by Crippen LogP contribution is -2.03. The van der Waals surface area contributed by atoms with Crippen LogP contribution in [0.4, 0.5) is 0 Å². The predicted octanol–water partition coefficient (Wildman–Crippen LogP) is 2.00. The van der Waals surface area contributed by atoms with Gasteiger partial charge in [-0.2, -0.15) is 5.10 Å². The van der Waals surface area contributed by atoms with E-state index in [0.29, 0.717) is 6.54 Å². The van der Waals surface area contributed by atoms with E-state index >= 15 is 0 Å². The Hall–Kier alpha value is -1.08. The van der Waals surface area contributed by atoms with Gasteiger partial charge >= 0.3 is 0 Å². The molecule has 2 aromatic rings. The molecule has 90 valence electrons. The first-order valence-electron chi connectivity index (χ1n) is 5.26. The number of nitrogens with two attached hydrogens (primary N) is 1. The monoisotopic (exact) mass is 343 g/mol. The Kier molecular flexibility index (Phi) is 4.01. The van der Waals surface area contributed by atoms with Crippen LogP contribution in [0, 0.1) is 3.57 Å². The van der Waals surface area contributed by atoms with Crippen LogP contribution in [0.15, 0.2) is 30.6 Å². The SMILES string of the molecule is COc1cc(Cn2cc(I)cn2)ccc1CN. The predicted molar refractivity (Wildman–Crippen MR) is 74.9 cm³/mol. The van der Waals surface area contributed by atoms with Crippen LogP contribution in [-0.2, 0) is 13.1 Å². The Morgan fingerprint density at radius 3 is 2.88 bits per heavy atom. The summed E-state index contributed by atoms with van der Waals surface area (Å²) < 4.78 is 8.34. The molecule has 1 heterocycles. The minimum atomic E-state index is 0.489. The topological polar surface area (TPSA) is 53.1 Å². The van der Waals surface area contributed by atoms with Crippen molar-refractivity contribution in [1.82, 2.24) is 9.78 Å². The van der Waals surface area contributed by atoms with Gasteiger partial charge < -0.3 is 10.5 Å². The largest absolute Gasteiger partial charge is 0.496 e. The average Bonchev–Trinajstić information content (AvgIpc) is 2.74. The highest BCUT2D eigenvalue weighted by Gasteiger charge is 2.04. The third-order valence-electron chi connectivity index (χ3n) is 2.52. The van der Waals surface area contributed by atoms with E-state index in [1.54, 1.807) is 7.11 Å². The van der Waals surface area contributed by atoms with E-state index in [4.69, 9.17) is 10.5 Å². The fourth-order valence-corrected chi connectivity index (χ4v) is 2.11. The van der Waals surface area contributed by atoms with Crippen LogP contribution in [0.5, 0.6) is 5.75 Å². The molecule has 1 aromatic carbocycles. The third kappa shape index (κ3) is 2.98. The normalized spacial score (nSPS) is 10.5. The van der Waals surface area contributed by atoms with Crippen molar-refractivity contribution in [2.75, 3.05) is 7.11 Å². The highest BCUT2D eigenvalue weighted by atomic mass is 127. The first-order valence-corrected chi connectivity index (χ1v) is 6.34. The molecule has 0 aliphatic carbocycles. The number of ether oxygens (including phenoxy) is 1. The number of nitrogens with zero attached hydrogens (tertiary/aromatic N) is 2. The summed E-state index contributed by atoms with van der Waals surface area (Å²) in [6.45, 7) is 1.23. The van der Waals surface area contributed by atoms with E-state index in [0.717, 1.165) is 27.0 Å². The Balaban J connectivity index is 2.22. The van der Waals surface area contributed by atoms with Gasteiger partial charge in [0.05, 0.1) is 23.4 Å². The summed E-state index contributed by atoms with van der Waals surface area (Å²) in [5, 5.41) is 4.25. The molecule has 0 atom stereocenters. The summed E-state index contributed by atoms with van der Waals surface area (Å²) in [5.41, 5.74) is 7.80. The summed E-state index contributed by atoms with van der Waals surface area (Å²) in [6, 6.07) is 6.07. The van der Waals surface area contributed by atoms with E-state index in [1.165, 1.54) is 0 Å². The quantitative estimate of drug-likeness (QED) is 0.864. The second kappa shape index (κ2) is 5.50. The van der Waals surface area contributed by atoms with Crippen LogP contribution in [0.3, 0.4) is 0 Å².